The van der Waals surface area contributed by atoms with Gasteiger partial charge in [0.1, 0.15) is 11.6 Å². The fourth-order valence-corrected chi connectivity index (χ4v) is 2.73. The van der Waals surface area contributed by atoms with E-state index in [9.17, 15) is 14.9 Å². The van der Waals surface area contributed by atoms with Gasteiger partial charge in [-0.1, -0.05) is 17.7 Å². The van der Waals surface area contributed by atoms with E-state index >= 15 is 0 Å². The molecular weight excluding hydrogens is 408 g/mol. The molecule has 2 aromatic rings. The molecule has 30 heavy (non-hydrogen) atoms. The number of rotatable bonds is 8. The third kappa shape index (κ3) is 6.26. The highest BCUT2D eigenvalue weighted by atomic mass is 35.5. The maximum atomic E-state index is 12.5. The number of amides is 1. The number of hydrogen-bond donors (Lipinski definition) is 1. The minimum Gasteiger partial charge on any atom is -0.493 e. The molecule has 0 heterocycles. The number of nitrogens with one attached hydrogen (secondary N) is 1. The molecule has 1 N–H and O–H groups in total. The smallest absolute Gasteiger partial charge is 0.344 e. The van der Waals surface area contributed by atoms with Crippen LogP contribution < -0.4 is 14.8 Å². The number of halogens is 1. The molecule has 7 nitrogen and oxygen atoms in total. The van der Waals surface area contributed by atoms with E-state index < -0.39 is 11.9 Å². The van der Waals surface area contributed by atoms with Gasteiger partial charge in [0.2, 0.25) is 0 Å². The molecule has 8 heteroatoms. The van der Waals surface area contributed by atoms with Gasteiger partial charge in [-0.25, -0.2) is 4.79 Å². The van der Waals surface area contributed by atoms with E-state index in [4.69, 9.17) is 25.8 Å². The molecule has 2 rings (SSSR count). The summed E-state index contributed by atoms with van der Waals surface area (Å²) in [6.07, 6.45) is 1.43. The van der Waals surface area contributed by atoms with E-state index in [1.54, 1.807) is 50.2 Å². The molecule has 0 unspecified atom stereocenters. The van der Waals surface area contributed by atoms with Gasteiger partial charge in [-0.15, -0.1) is 0 Å². The second-order valence-corrected chi connectivity index (χ2v) is 6.52. The maximum absolute atomic E-state index is 12.5. The summed E-state index contributed by atoms with van der Waals surface area (Å²) in [5, 5.41) is 12.7. The molecule has 0 aliphatic carbocycles. The van der Waals surface area contributed by atoms with Crippen LogP contribution in [0.2, 0.25) is 5.02 Å². The quantitative estimate of drug-likeness (QED) is 0.385. The number of ether oxygens (including phenoxy) is 3. The second-order valence-electron chi connectivity index (χ2n) is 6.09. The summed E-state index contributed by atoms with van der Waals surface area (Å²) >= 11 is 5.92. The first-order valence-corrected chi connectivity index (χ1v) is 9.41. The maximum Gasteiger partial charge on any atom is 0.344 e. The molecule has 0 fully saturated rings. The zero-order valence-electron chi connectivity index (χ0n) is 16.8. The summed E-state index contributed by atoms with van der Waals surface area (Å²) < 4.78 is 15.5. The Labute approximate surface area is 179 Å². The lowest BCUT2D eigenvalue weighted by Gasteiger charge is -2.11. The molecule has 0 saturated heterocycles. The van der Waals surface area contributed by atoms with Crippen LogP contribution >= 0.6 is 11.6 Å². The molecule has 0 radical (unpaired) electrons. The van der Waals surface area contributed by atoms with Crippen molar-refractivity contribution in [2.75, 3.05) is 25.6 Å². The van der Waals surface area contributed by atoms with Gasteiger partial charge in [-0.05, 0) is 61.4 Å². The summed E-state index contributed by atoms with van der Waals surface area (Å²) in [5.74, 6) is -0.365. The highest BCUT2D eigenvalue weighted by Crippen LogP contribution is 2.29. The Kier molecular flexibility index (Phi) is 8.27. The summed E-state index contributed by atoms with van der Waals surface area (Å²) in [7, 11) is 1.45. The average Bonchev–Trinajstić information content (AvgIpc) is 2.72. The van der Waals surface area contributed by atoms with Crippen LogP contribution in [0.1, 0.15) is 18.1 Å². The van der Waals surface area contributed by atoms with Gasteiger partial charge in [-0.2, -0.15) is 5.26 Å². The van der Waals surface area contributed by atoms with Crippen molar-refractivity contribution in [1.29, 1.82) is 5.26 Å². The van der Waals surface area contributed by atoms with Crippen molar-refractivity contribution in [2.45, 2.75) is 13.8 Å². The first-order chi connectivity index (χ1) is 14.4. The Morgan fingerprint density at radius 3 is 2.60 bits per heavy atom. The van der Waals surface area contributed by atoms with Gasteiger partial charge in [0.15, 0.2) is 18.1 Å². The number of esters is 1. The normalized spacial score (nSPS) is 10.7. The van der Waals surface area contributed by atoms with E-state index in [1.807, 2.05) is 6.07 Å². The number of nitrogens with zero attached hydrogens (tertiary/aromatic N) is 1. The topological polar surface area (TPSA) is 97.7 Å². The molecule has 0 atom stereocenters. The fraction of sp³-hybridized carbons (Fsp3) is 0.227. The average molecular weight is 429 g/mol. The summed E-state index contributed by atoms with van der Waals surface area (Å²) in [6, 6.07) is 11.8. The van der Waals surface area contributed by atoms with E-state index in [0.29, 0.717) is 27.8 Å². The molecule has 0 saturated carbocycles. The van der Waals surface area contributed by atoms with Crippen molar-refractivity contribution in [3.05, 3.63) is 58.1 Å². The molecule has 1 amide bonds. The Hall–Kier alpha value is -3.50. The second kappa shape index (κ2) is 10.9. The Morgan fingerprint density at radius 2 is 1.97 bits per heavy atom. The van der Waals surface area contributed by atoms with Gasteiger partial charge < -0.3 is 19.5 Å². The number of carbonyl (C=O) groups excluding carboxylic acids is 2. The van der Waals surface area contributed by atoms with Gasteiger partial charge in [0.05, 0.1) is 13.7 Å². The third-order valence-corrected chi connectivity index (χ3v) is 4.19. The molecule has 0 aliphatic heterocycles. The lowest BCUT2D eigenvalue weighted by Crippen LogP contribution is -2.15. The van der Waals surface area contributed by atoms with Crippen molar-refractivity contribution in [2.24, 2.45) is 0 Å². The highest BCUT2D eigenvalue weighted by Gasteiger charge is 2.13. The van der Waals surface area contributed by atoms with Gasteiger partial charge in [0.25, 0.3) is 5.91 Å². The van der Waals surface area contributed by atoms with Crippen LogP contribution in [-0.2, 0) is 14.3 Å². The first-order valence-electron chi connectivity index (χ1n) is 9.03. The molecule has 0 spiro atoms. The first kappa shape index (κ1) is 22.8. The molecule has 156 valence electrons. The highest BCUT2D eigenvalue weighted by molar-refractivity contribution is 6.30. The molecule has 2 aromatic carbocycles. The molecular formula is C22H21ClN2O5. The van der Waals surface area contributed by atoms with Crippen LogP contribution in [0.3, 0.4) is 0 Å². The predicted molar refractivity (Wildman–Crippen MR) is 114 cm³/mol. The standard InChI is InChI=1S/C22H21ClN2O5/c1-4-29-21(26)13-30-19-8-5-15(11-20(19)28-3)10-16(12-24)22(27)25-18-7-6-17(23)9-14(18)2/h5-11H,4,13H2,1-3H3,(H,25,27)/b16-10+. The number of carbonyl (C=O) groups is 2. The van der Waals surface area contributed by atoms with Crippen LogP contribution in [-0.4, -0.2) is 32.2 Å². The van der Waals surface area contributed by atoms with Gasteiger partial charge in [-0.3, -0.25) is 4.79 Å². The minimum atomic E-state index is -0.551. The number of hydrogen-bond acceptors (Lipinski definition) is 6. The Morgan fingerprint density at radius 1 is 1.20 bits per heavy atom. The van der Waals surface area contributed by atoms with E-state index in [2.05, 4.69) is 5.32 Å². The minimum absolute atomic E-state index is 0.0911. The van der Waals surface area contributed by atoms with E-state index in [-0.39, 0.29) is 18.8 Å². The van der Waals surface area contributed by atoms with Crippen LogP contribution in [0.4, 0.5) is 5.69 Å². The SMILES string of the molecule is CCOC(=O)COc1ccc(/C=C(\C#N)C(=O)Nc2ccc(Cl)cc2C)cc1OC. The number of anilines is 1. The third-order valence-electron chi connectivity index (χ3n) is 3.95. The van der Waals surface area contributed by atoms with Crippen LogP contribution in [0, 0.1) is 18.3 Å². The van der Waals surface area contributed by atoms with E-state index in [1.165, 1.54) is 13.2 Å². The molecule has 0 aromatic heterocycles. The van der Waals surface area contributed by atoms with E-state index in [0.717, 1.165) is 5.56 Å². The number of nitriles is 1. The van der Waals surface area contributed by atoms with Crippen LogP contribution in [0.5, 0.6) is 11.5 Å². The largest absolute Gasteiger partial charge is 0.493 e. The number of aryl methyl sites for hydroxylation is 1. The number of methoxy groups -OCH3 is 1. The van der Waals surface area contributed by atoms with Crippen molar-refractivity contribution in [3.63, 3.8) is 0 Å². The Bertz CT molecular complexity index is 1010. The zero-order chi connectivity index (χ0) is 22.1. The lowest BCUT2D eigenvalue weighted by molar-refractivity contribution is -0.145. The van der Waals surface area contributed by atoms with Crippen LogP contribution in [0.15, 0.2) is 42.0 Å². The van der Waals surface area contributed by atoms with Gasteiger partial charge in [0, 0.05) is 10.7 Å². The van der Waals surface area contributed by atoms with Gasteiger partial charge >= 0.3 is 5.97 Å². The summed E-state index contributed by atoms with van der Waals surface area (Å²) in [6.45, 7) is 3.51. The fourth-order valence-electron chi connectivity index (χ4n) is 2.50. The predicted octanol–water partition coefficient (Wildman–Crippen LogP) is 4.14. The van der Waals surface area contributed by atoms with Crippen LogP contribution in [0.25, 0.3) is 6.08 Å². The van der Waals surface area contributed by atoms with Crippen molar-refractivity contribution < 1.29 is 23.8 Å². The zero-order valence-corrected chi connectivity index (χ0v) is 17.6. The van der Waals surface area contributed by atoms with Crippen molar-refractivity contribution >= 4 is 35.2 Å². The molecule has 0 aliphatic rings. The number of benzene rings is 2. The summed E-state index contributed by atoms with van der Waals surface area (Å²) in [5.41, 5.74) is 1.80. The van der Waals surface area contributed by atoms with Crippen molar-refractivity contribution in [3.8, 4) is 17.6 Å². The monoisotopic (exact) mass is 428 g/mol. The Balaban J connectivity index is 2.19. The van der Waals surface area contributed by atoms with Crippen molar-refractivity contribution in [1.82, 2.24) is 0 Å². The lowest BCUT2D eigenvalue weighted by atomic mass is 10.1. The summed E-state index contributed by atoms with van der Waals surface area (Å²) in [4.78, 5) is 24.0. The molecule has 0 bridgehead atoms.